The van der Waals surface area contributed by atoms with Gasteiger partial charge in [-0.15, -0.1) is 22.0 Å². The van der Waals surface area contributed by atoms with Crippen LogP contribution in [0.5, 0.6) is 5.88 Å². The molecule has 6 nitrogen and oxygen atoms in total. The zero-order valence-electron chi connectivity index (χ0n) is 15.9. The van der Waals surface area contributed by atoms with Gasteiger partial charge in [-0.2, -0.15) is 0 Å². The second-order valence-corrected chi connectivity index (χ2v) is 7.59. The highest BCUT2D eigenvalue weighted by atomic mass is 32.2. The number of benzene rings is 1. The van der Waals surface area contributed by atoms with Crippen LogP contribution < -0.4 is 9.64 Å². The van der Waals surface area contributed by atoms with Crippen LogP contribution in [-0.4, -0.2) is 59.5 Å². The molecule has 0 radical (unpaired) electrons. The Morgan fingerprint density at radius 3 is 2.52 bits per heavy atom. The zero-order valence-corrected chi connectivity index (χ0v) is 16.7. The molecule has 144 valence electrons. The van der Waals surface area contributed by atoms with Gasteiger partial charge in [0.15, 0.2) is 5.82 Å². The molecule has 2 aromatic rings. The number of carbonyl (C=O) groups excluding carboxylic acids is 1. The highest BCUT2D eigenvalue weighted by Gasteiger charge is 2.24. The van der Waals surface area contributed by atoms with Crippen molar-refractivity contribution in [3.05, 3.63) is 42.0 Å². The first-order chi connectivity index (χ1) is 13.2. The second kappa shape index (κ2) is 9.60. The summed E-state index contributed by atoms with van der Waals surface area (Å²) in [5.74, 6) is 2.45. The van der Waals surface area contributed by atoms with Crippen LogP contribution in [0.3, 0.4) is 0 Å². The minimum absolute atomic E-state index is 0.112. The fourth-order valence-electron chi connectivity index (χ4n) is 3.00. The van der Waals surface area contributed by atoms with Crippen LogP contribution in [-0.2, 0) is 0 Å². The predicted octanol–water partition coefficient (Wildman–Crippen LogP) is 3.34. The van der Waals surface area contributed by atoms with Gasteiger partial charge in [-0.3, -0.25) is 4.79 Å². The lowest BCUT2D eigenvalue weighted by atomic mass is 10.2. The number of piperazine rings is 1. The van der Waals surface area contributed by atoms with Gasteiger partial charge in [-0.1, -0.05) is 26.0 Å². The molecule has 0 aliphatic carbocycles. The van der Waals surface area contributed by atoms with Gasteiger partial charge < -0.3 is 14.5 Å². The van der Waals surface area contributed by atoms with E-state index in [-0.39, 0.29) is 5.91 Å². The molecule has 7 heteroatoms. The number of anilines is 1. The zero-order chi connectivity index (χ0) is 19.1. The fraction of sp³-hybridized carbons (Fsp3) is 0.450. The first-order valence-electron chi connectivity index (χ1n) is 9.45. The Bertz CT molecular complexity index is 746. The van der Waals surface area contributed by atoms with Crippen molar-refractivity contribution in [3.8, 4) is 5.88 Å². The van der Waals surface area contributed by atoms with Crippen LogP contribution in [0.1, 0.15) is 30.6 Å². The number of hydrogen-bond acceptors (Lipinski definition) is 6. The summed E-state index contributed by atoms with van der Waals surface area (Å²) in [5, 5.41) is 8.39. The molecule has 3 rings (SSSR count). The lowest BCUT2D eigenvalue weighted by molar-refractivity contribution is 0.0743. The molecular weight excluding hydrogens is 360 g/mol. The molecule has 1 aliphatic heterocycles. The quantitative estimate of drug-likeness (QED) is 0.680. The van der Waals surface area contributed by atoms with E-state index in [1.165, 1.54) is 0 Å². The molecular formula is C20H26N4O2S. The largest absolute Gasteiger partial charge is 0.477 e. The molecule has 1 fully saturated rings. The Morgan fingerprint density at radius 2 is 1.85 bits per heavy atom. The Morgan fingerprint density at radius 1 is 1.07 bits per heavy atom. The molecule has 0 N–H and O–H groups in total. The van der Waals surface area contributed by atoms with E-state index >= 15 is 0 Å². The van der Waals surface area contributed by atoms with Gasteiger partial charge in [0.2, 0.25) is 5.88 Å². The van der Waals surface area contributed by atoms with Crippen LogP contribution in [0.4, 0.5) is 5.82 Å². The summed E-state index contributed by atoms with van der Waals surface area (Å²) >= 11 is 1.71. The van der Waals surface area contributed by atoms with E-state index in [4.69, 9.17) is 4.74 Å². The minimum atomic E-state index is 0.112. The van der Waals surface area contributed by atoms with Crippen molar-refractivity contribution in [2.75, 3.05) is 43.4 Å². The van der Waals surface area contributed by atoms with Crippen molar-refractivity contribution in [1.29, 1.82) is 0 Å². The van der Waals surface area contributed by atoms with Crippen molar-refractivity contribution >= 4 is 23.5 Å². The average Bonchev–Trinajstić information content (AvgIpc) is 2.73. The van der Waals surface area contributed by atoms with Gasteiger partial charge >= 0.3 is 0 Å². The third kappa shape index (κ3) is 4.91. The molecule has 1 aromatic carbocycles. The first-order valence-corrected chi connectivity index (χ1v) is 10.4. The first kappa shape index (κ1) is 19.5. The molecule has 0 bridgehead atoms. The molecule has 1 aromatic heterocycles. The van der Waals surface area contributed by atoms with Crippen LogP contribution in [0.15, 0.2) is 41.3 Å². The number of ether oxygens (including phenoxy) is 1. The van der Waals surface area contributed by atoms with E-state index in [0.717, 1.165) is 41.5 Å². The van der Waals surface area contributed by atoms with Crippen LogP contribution in [0.25, 0.3) is 0 Å². The maximum Gasteiger partial charge on any atom is 0.255 e. The summed E-state index contributed by atoms with van der Waals surface area (Å²) in [4.78, 5) is 18.1. The third-order valence-electron chi connectivity index (χ3n) is 4.39. The smallest absolute Gasteiger partial charge is 0.255 e. The maximum absolute atomic E-state index is 12.9. The van der Waals surface area contributed by atoms with Gasteiger partial charge in [-0.25, -0.2) is 0 Å². The summed E-state index contributed by atoms with van der Waals surface area (Å²) in [7, 11) is 0. The van der Waals surface area contributed by atoms with Crippen LogP contribution in [0.2, 0.25) is 0 Å². The van der Waals surface area contributed by atoms with Gasteiger partial charge in [0.05, 0.1) is 12.2 Å². The lowest BCUT2D eigenvalue weighted by Gasteiger charge is -2.35. The number of carbonyl (C=O) groups is 1. The van der Waals surface area contributed by atoms with E-state index in [2.05, 4.69) is 28.9 Å². The van der Waals surface area contributed by atoms with Crippen molar-refractivity contribution in [2.45, 2.75) is 25.2 Å². The molecule has 2 heterocycles. The standard InChI is InChI=1S/C20H26N4O2S/c1-3-15-26-19-10-9-18(21-22-19)23-11-13-24(14-12-23)20(25)16-7-5-6-8-17(16)27-4-2/h5-10H,3-4,11-15H2,1-2H3. The highest BCUT2D eigenvalue weighted by molar-refractivity contribution is 7.99. The highest BCUT2D eigenvalue weighted by Crippen LogP contribution is 2.24. The molecule has 0 unspecified atom stereocenters. The summed E-state index contributed by atoms with van der Waals surface area (Å²) < 4.78 is 5.48. The molecule has 0 spiro atoms. The molecule has 0 saturated carbocycles. The summed E-state index contributed by atoms with van der Waals surface area (Å²) in [6.45, 7) is 7.66. The van der Waals surface area contributed by atoms with Gasteiger partial charge in [0.1, 0.15) is 0 Å². The number of aromatic nitrogens is 2. The van der Waals surface area contributed by atoms with Crippen molar-refractivity contribution in [1.82, 2.24) is 15.1 Å². The van der Waals surface area contributed by atoms with Crippen LogP contribution in [0, 0.1) is 0 Å². The predicted molar refractivity (Wildman–Crippen MR) is 109 cm³/mol. The van der Waals surface area contributed by atoms with E-state index in [1.54, 1.807) is 11.8 Å². The number of nitrogens with zero attached hydrogens (tertiary/aromatic N) is 4. The third-order valence-corrected chi connectivity index (χ3v) is 5.34. The Labute approximate surface area is 164 Å². The van der Waals surface area contributed by atoms with E-state index in [1.807, 2.05) is 41.3 Å². The summed E-state index contributed by atoms with van der Waals surface area (Å²) in [6, 6.07) is 11.7. The molecule has 0 atom stereocenters. The molecule has 1 saturated heterocycles. The fourth-order valence-corrected chi connectivity index (χ4v) is 3.80. The maximum atomic E-state index is 12.9. The SMILES string of the molecule is CCCOc1ccc(N2CCN(C(=O)c3ccccc3SCC)CC2)nn1. The van der Waals surface area contributed by atoms with Crippen LogP contribution >= 0.6 is 11.8 Å². The van der Waals surface area contributed by atoms with Crippen molar-refractivity contribution in [2.24, 2.45) is 0 Å². The minimum Gasteiger partial charge on any atom is -0.477 e. The van der Waals surface area contributed by atoms with Crippen molar-refractivity contribution < 1.29 is 9.53 Å². The number of rotatable bonds is 7. The van der Waals surface area contributed by atoms with Gasteiger partial charge in [0.25, 0.3) is 5.91 Å². The Balaban J connectivity index is 1.59. The van der Waals surface area contributed by atoms with Gasteiger partial charge in [0, 0.05) is 37.1 Å². The van der Waals surface area contributed by atoms with E-state index < -0.39 is 0 Å². The van der Waals surface area contributed by atoms with E-state index in [0.29, 0.717) is 25.6 Å². The van der Waals surface area contributed by atoms with E-state index in [9.17, 15) is 4.79 Å². The lowest BCUT2D eigenvalue weighted by Crippen LogP contribution is -2.49. The molecule has 27 heavy (non-hydrogen) atoms. The monoisotopic (exact) mass is 386 g/mol. The van der Waals surface area contributed by atoms with Crippen molar-refractivity contribution in [3.63, 3.8) is 0 Å². The molecule has 1 aliphatic rings. The number of amides is 1. The summed E-state index contributed by atoms with van der Waals surface area (Å²) in [6.07, 6.45) is 0.944. The topological polar surface area (TPSA) is 58.6 Å². The average molecular weight is 387 g/mol. The number of hydrogen-bond donors (Lipinski definition) is 0. The Kier molecular flexibility index (Phi) is 6.92. The normalized spacial score (nSPS) is 14.3. The number of thioether (sulfide) groups is 1. The second-order valence-electron chi connectivity index (χ2n) is 6.29. The Hall–Kier alpha value is -2.28. The summed E-state index contributed by atoms with van der Waals surface area (Å²) in [5.41, 5.74) is 0.801. The van der Waals surface area contributed by atoms with Gasteiger partial charge in [-0.05, 0) is 30.4 Å². The molecule has 1 amide bonds.